The fraction of sp³-hybridized carbons (Fsp3) is 0.407. The highest BCUT2D eigenvalue weighted by molar-refractivity contribution is 6.35. The van der Waals surface area contributed by atoms with E-state index in [0.717, 1.165) is 29.9 Å². The van der Waals surface area contributed by atoms with E-state index in [9.17, 15) is 9.59 Å². The number of hydrogen-bond donors (Lipinski definition) is 1. The van der Waals surface area contributed by atoms with Crippen molar-refractivity contribution in [2.45, 2.75) is 45.9 Å². The van der Waals surface area contributed by atoms with Crippen LogP contribution in [-0.4, -0.2) is 68.5 Å². The van der Waals surface area contributed by atoms with Gasteiger partial charge in [-0.15, -0.1) is 5.10 Å². The number of aryl methyl sites for hydroxylation is 1. The van der Waals surface area contributed by atoms with Crippen LogP contribution in [0.4, 0.5) is 0 Å². The molecule has 1 N–H and O–H groups in total. The Hall–Kier alpha value is -3.43. The maximum Gasteiger partial charge on any atom is 0.256 e. The van der Waals surface area contributed by atoms with Crippen molar-refractivity contribution in [2.24, 2.45) is 0 Å². The molecule has 0 spiro atoms. The molecule has 1 amide bonds. The van der Waals surface area contributed by atoms with Crippen LogP contribution in [0, 0.1) is 6.92 Å². The molecule has 1 saturated heterocycles. The smallest absolute Gasteiger partial charge is 0.256 e. The molecule has 2 aliphatic heterocycles. The van der Waals surface area contributed by atoms with Gasteiger partial charge in [0.25, 0.3) is 11.5 Å². The fourth-order valence-corrected chi connectivity index (χ4v) is 5.36. The maximum atomic E-state index is 13.8. The quantitative estimate of drug-likeness (QED) is 0.508. The number of likely N-dealkylation sites (tertiary alicyclic amines) is 1. The van der Waals surface area contributed by atoms with Crippen molar-refractivity contribution in [1.82, 2.24) is 29.8 Å². The fourth-order valence-electron chi connectivity index (χ4n) is 5.07. The van der Waals surface area contributed by atoms with Crippen molar-refractivity contribution in [2.75, 3.05) is 26.7 Å². The molecule has 0 unspecified atom stereocenters. The largest absolute Gasteiger partial charge is 0.489 e. The van der Waals surface area contributed by atoms with Gasteiger partial charge in [0.2, 0.25) is 0 Å². The Labute approximate surface area is 220 Å². The number of aromatic nitrogens is 4. The molecule has 5 rings (SSSR count). The number of carbonyl (C=O) groups is 1. The van der Waals surface area contributed by atoms with Crippen molar-refractivity contribution in [1.29, 1.82) is 0 Å². The summed E-state index contributed by atoms with van der Waals surface area (Å²) in [4.78, 5) is 33.3. The van der Waals surface area contributed by atoms with Crippen molar-refractivity contribution in [3.05, 3.63) is 68.2 Å². The van der Waals surface area contributed by atoms with Crippen LogP contribution in [0.3, 0.4) is 0 Å². The molecule has 0 radical (unpaired) electrons. The zero-order chi connectivity index (χ0) is 26.4. The second kappa shape index (κ2) is 9.79. The molecule has 0 saturated carbocycles. The summed E-state index contributed by atoms with van der Waals surface area (Å²) < 4.78 is 7.90. The van der Waals surface area contributed by atoms with Crippen LogP contribution in [0.1, 0.15) is 52.6 Å². The molecular weight excluding hydrogens is 492 g/mol. The van der Waals surface area contributed by atoms with Crippen LogP contribution in [0.5, 0.6) is 5.75 Å². The minimum atomic E-state index is -0.246. The second-order valence-corrected chi connectivity index (χ2v) is 10.5. The molecular formula is C27H31ClN6O3. The standard InChI is InChI=1S/C27H31ClN6O3/c1-6-17-9-16(4)29-26(35)21(17)13-33-8-7-19-20(22-14-34(31-30-22)18-11-32(5)12-18)10-23(37-15(2)3)25(28)24(19)27(33)36/h6,9-10,14-15,18H,1,7-8,11-13H2,2-5H3,(H,29,35). The molecule has 1 aromatic carbocycles. The molecule has 3 aromatic rings. The summed E-state index contributed by atoms with van der Waals surface area (Å²) in [7, 11) is 2.07. The van der Waals surface area contributed by atoms with Gasteiger partial charge in [-0.2, -0.15) is 0 Å². The average molecular weight is 523 g/mol. The van der Waals surface area contributed by atoms with Crippen LogP contribution in [0.15, 0.2) is 29.7 Å². The molecule has 2 aromatic heterocycles. The third kappa shape index (κ3) is 4.69. The van der Waals surface area contributed by atoms with E-state index in [4.69, 9.17) is 16.3 Å². The predicted octanol–water partition coefficient (Wildman–Crippen LogP) is 3.71. The lowest BCUT2D eigenvalue weighted by atomic mass is 9.91. The molecule has 0 atom stereocenters. The topological polar surface area (TPSA) is 96.4 Å². The van der Waals surface area contributed by atoms with Gasteiger partial charge in [0.15, 0.2) is 0 Å². The highest BCUT2D eigenvalue weighted by atomic mass is 35.5. The molecule has 0 bridgehead atoms. The zero-order valence-electron chi connectivity index (χ0n) is 21.5. The Balaban J connectivity index is 1.55. The number of aromatic amines is 1. The van der Waals surface area contributed by atoms with Gasteiger partial charge >= 0.3 is 0 Å². The first-order valence-electron chi connectivity index (χ1n) is 12.4. The first-order chi connectivity index (χ1) is 17.7. The van der Waals surface area contributed by atoms with Crippen LogP contribution < -0.4 is 10.3 Å². The Bertz CT molecular complexity index is 1440. The molecule has 37 heavy (non-hydrogen) atoms. The van der Waals surface area contributed by atoms with Gasteiger partial charge in [0, 0.05) is 36.5 Å². The number of ether oxygens (including phenoxy) is 1. The molecule has 1 fully saturated rings. The van der Waals surface area contributed by atoms with Crippen LogP contribution >= 0.6 is 11.6 Å². The lowest BCUT2D eigenvalue weighted by Gasteiger charge is -2.35. The van der Waals surface area contributed by atoms with Gasteiger partial charge in [-0.1, -0.05) is 29.5 Å². The Morgan fingerprint density at radius 3 is 2.73 bits per heavy atom. The molecule has 10 heteroatoms. The lowest BCUT2D eigenvalue weighted by Crippen LogP contribution is -2.45. The monoisotopic (exact) mass is 522 g/mol. The second-order valence-electron chi connectivity index (χ2n) is 10.1. The molecule has 0 aliphatic carbocycles. The van der Waals surface area contributed by atoms with Gasteiger partial charge in [0.05, 0.1) is 35.5 Å². The van der Waals surface area contributed by atoms with E-state index in [1.165, 1.54) is 0 Å². The van der Waals surface area contributed by atoms with E-state index in [1.807, 2.05) is 43.8 Å². The van der Waals surface area contributed by atoms with E-state index >= 15 is 0 Å². The molecule has 9 nitrogen and oxygen atoms in total. The number of carbonyl (C=O) groups excluding carboxylic acids is 1. The summed E-state index contributed by atoms with van der Waals surface area (Å²) in [6.07, 6.45) is 3.99. The number of likely N-dealkylation sites (N-methyl/N-ethyl adjacent to an activating group) is 1. The van der Waals surface area contributed by atoms with Crippen LogP contribution in [-0.2, 0) is 13.0 Å². The van der Waals surface area contributed by atoms with E-state index in [-0.39, 0.29) is 35.2 Å². The Morgan fingerprint density at radius 2 is 2.05 bits per heavy atom. The van der Waals surface area contributed by atoms with E-state index < -0.39 is 0 Å². The molecule has 2 aliphatic rings. The maximum absolute atomic E-state index is 13.8. The third-order valence-electron chi connectivity index (χ3n) is 6.91. The molecule has 4 heterocycles. The highest BCUT2D eigenvalue weighted by Crippen LogP contribution is 2.41. The SMILES string of the molecule is C=Cc1cc(C)[nH]c(=O)c1CN1CCc2c(-c3cn(C4CN(C)C4)nn3)cc(OC(C)C)c(Cl)c2C1=O. The number of nitrogens with zero attached hydrogens (tertiary/aromatic N) is 5. The number of benzene rings is 1. The van der Waals surface area contributed by atoms with Crippen molar-refractivity contribution in [3.63, 3.8) is 0 Å². The van der Waals surface area contributed by atoms with Gasteiger partial charge in [0.1, 0.15) is 11.4 Å². The normalized spacial score (nSPS) is 16.2. The number of H-pyrrole nitrogens is 1. The van der Waals surface area contributed by atoms with Crippen molar-refractivity contribution < 1.29 is 9.53 Å². The van der Waals surface area contributed by atoms with Gasteiger partial charge in [-0.25, -0.2) is 4.68 Å². The number of amides is 1. The van der Waals surface area contributed by atoms with Gasteiger partial charge in [-0.3, -0.25) is 9.59 Å². The first kappa shape index (κ1) is 25.2. The van der Waals surface area contributed by atoms with E-state index in [0.29, 0.717) is 41.1 Å². The third-order valence-corrected chi connectivity index (χ3v) is 7.29. The Kier molecular flexibility index (Phi) is 6.68. The lowest BCUT2D eigenvalue weighted by molar-refractivity contribution is 0.0726. The summed E-state index contributed by atoms with van der Waals surface area (Å²) in [5, 5.41) is 9.08. The summed E-state index contributed by atoms with van der Waals surface area (Å²) in [6.45, 7) is 11.9. The van der Waals surface area contributed by atoms with Gasteiger partial charge in [-0.05, 0) is 57.5 Å². The van der Waals surface area contributed by atoms with Crippen molar-refractivity contribution >= 4 is 23.6 Å². The van der Waals surface area contributed by atoms with Gasteiger partial charge < -0.3 is 19.5 Å². The first-order valence-corrected chi connectivity index (χ1v) is 12.8. The highest BCUT2D eigenvalue weighted by Gasteiger charge is 2.33. The number of nitrogens with one attached hydrogen (secondary N) is 1. The minimum Gasteiger partial charge on any atom is -0.489 e. The summed E-state index contributed by atoms with van der Waals surface area (Å²) in [5.41, 5.74) is 4.41. The van der Waals surface area contributed by atoms with Crippen LogP contribution in [0.25, 0.3) is 17.3 Å². The number of halogens is 1. The predicted molar refractivity (Wildman–Crippen MR) is 143 cm³/mol. The number of rotatable bonds is 7. The average Bonchev–Trinajstić information content (AvgIpc) is 3.30. The summed E-state index contributed by atoms with van der Waals surface area (Å²) in [5.74, 6) is 0.184. The minimum absolute atomic E-state index is 0.138. The summed E-state index contributed by atoms with van der Waals surface area (Å²) >= 11 is 6.80. The van der Waals surface area contributed by atoms with E-state index in [2.05, 4.69) is 33.8 Å². The summed E-state index contributed by atoms with van der Waals surface area (Å²) in [6, 6.07) is 4.01. The number of hydrogen-bond acceptors (Lipinski definition) is 6. The Morgan fingerprint density at radius 1 is 1.30 bits per heavy atom. The zero-order valence-corrected chi connectivity index (χ0v) is 22.3. The number of pyridine rings is 1. The van der Waals surface area contributed by atoms with Crippen LogP contribution in [0.2, 0.25) is 5.02 Å². The van der Waals surface area contributed by atoms with E-state index in [1.54, 1.807) is 11.0 Å². The van der Waals surface area contributed by atoms with Crippen molar-refractivity contribution in [3.8, 4) is 17.0 Å². The number of fused-ring (bicyclic) bond motifs is 1. The molecule has 194 valence electrons.